The molecule has 3 N–H and O–H groups in total. The molecule has 0 aromatic heterocycles. The van der Waals surface area contributed by atoms with Gasteiger partial charge in [0.1, 0.15) is 0 Å². The molecule has 2 amide bonds. The number of carbonyl (C=O) groups excluding carboxylic acids is 2. The second-order valence-electron chi connectivity index (χ2n) is 9.69. The maximum absolute atomic E-state index is 12.5. The molecule has 2 aliphatic rings. The summed E-state index contributed by atoms with van der Waals surface area (Å²) in [5, 5.41) is 3.03. The van der Waals surface area contributed by atoms with Crippen molar-refractivity contribution >= 4 is 23.1 Å². The van der Waals surface area contributed by atoms with E-state index in [0.717, 1.165) is 49.8 Å². The van der Waals surface area contributed by atoms with E-state index >= 15 is 0 Å². The Labute approximate surface area is 246 Å². The summed E-state index contributed by atoms with van der Waals surface area (Å²) in [6.45, 7) is 0. The van der Waals surface area contributed by atoms with E-state index in [1.54, 1.807) is 0 Å². The maximum Gasteiger partial charge on any atom is 2.00 e. The average molecular weight is 561 g/mol. The first-order valence-corrected chi connectivity index (χ1v) is 13.5. The van der Waals surface area contributed by atoms with Crippen LogP contribution >= 0.6 is 0 Å². The predicted molar refractivity (Wildman–Crippen MR) is 155 cm³/mol. The molecule has 4 rings (SSSR count). The van der Waals surface area contributed by atoms with Gasteiger partial charge in [-0.15, -0.1) is 0 Å². The first-order valence-electron chi connectivity index (χ1n) is 13.5. The van der Waals surface area contributed by atoms with Crippen LogP contribution in [0.1, 0.15) is 62.5 Å². The molecule has 200 valence electrons. The molecule has 10 radical (unpaired) electrons. The minimum Gasteiger partial charge on any atom is -0.370 e. The van der Waals surface area contributed by atoms with Crippen LogP contribution in [0.2, 0.25) is 0 Å². The van der Waals surface area contributed by atoms with Crippen molar-refractivity contribution in [1.29, 1.82) is 0 Å². The minimum absolute atomic E-state index is 0. The SMILES string of the molecule is NC(=O)CCCCCCC(=O)Nc1ccc(/C(=C(/CC[C]2[CH][CH][CH][CH]2)[C]2[CH][CH][CH][CH]2)c2ccccc2)cc1.[Fe+2]. The molecule has 0 saturated heterocycles. The standard InChI is InChI=1S/C34H36N2O2.Fe/c35-32(37)18-6-1-2-7-19-33(38)36-30-23-21-29(22-24-30)34(28-16-4-3-5-17-28)31(27-14-10-11-15-27)25-20-26-12-8-9-13-26;/h3-5,8-17,21-24H,1-2,6-7,18-20,25H2,(H2,35,37)(H,36,38);/q;+2/b34-31-;. The van der Waals surface area contributed by atoms with Gasteiger partial charge in [0.25, 0.3) is 0 Å². The minimum atomic E-state index is -0.264. The molecule has 0 bridgehead atoms. The van der Waals surface area contributed by atoms with Gasteiger partial charge in [-0.2, -0.15) is 0 Å². The van der Waals surface area contributed by atoms with Gasteiger partial charge in [0.05, 0.1) is 0 Å². The van der Waals surface area contributed by atoms with Crippen LogP contribution in [0.4, 0.5) is 5.69 Å². The van der Waals surface area contributed by atoms with Crippen LogP contribution in [-0.2, 0) is 26.7 Å². The van der Waals surface area contributed by atoms with Gasteiger partial charge in [0, 0.05) is 24.4 Å². The number of rotatable bonds is 14. The second-order valence-corrected chi connectivity index (χ2v) is 9.69. The summed E-state index contributed by atoms with van der Waals surface area (Å²) in [6.07, 6.45) is 23.3. The van der Waals surface area contributed by atoms with Gasteiger partial charge >= 0.3 is 17.1 Å². The van der Waals surface area contributed by atoms with E-state index in [2.05, 4.69) is 93.1 Å². The number of benzene rings is 2. The Kier molecular flexibility index (Phi) is 13.3. The number of anilines is 1. The third-order valence-electron chi connectivity index (χ3n) is 6.81. The largest absolute Gasteiger partial charge is 2.00 e. The number of hydrogen-bond donors (Lipinski definition) is 2. The van der Waals surface area contributed by atoms with Crippen molar-refractivity contribution in [1.82, 2.24) is 0 Å². The van der Waals surface area contributed by atoms with Gasteiger partial charge in [0.15, 0.2) is 0 Å². The summed E-state index contributed by atoms with van der Waals surface area (Å²) in [6, 6.07) is 18.7. The summed E-state index contributed by atoms with van der Waals surface area (Å²) in [5.74, 6) is 2.33. The van der Waals surface area contributed by atoms with Gasteiger partial charge in [0.2, 0.25) is 11.8 Å². The summed E-state index contributed by atoms with van der Waals surface area (Å²) >= 11 is 0. The monoisotopic (exact) mass is 560 g/mol. The van der Waals surface area contributed by atoms with Crippen LogP contribution in [0.3, 0.4) is 0 Å². The quantitative estimate of drug-likeness (QED) is 0.196. The van der Waals surface area contributed by atoms with E-state index < -0.39 is 0 Å². The van der Waals surface area contributed by atoms with E-state index in [4.69, 9.17) is 5.73 Å². The molecule has 0 aliphatic heterocycles. The summed E-state index contributed by atoms with van der Waals surface area (Å²) in [5.41, 5.74) is 10.8. The second kappa shape index (κ2) is 16.7. The van der Waals surface area contributed by atoms with Gasteiger partial charge in [-0.3, -0.25) is 9.59 Å². The van der Waals surface area contributed by atoms with Crippen molar-refractivity contribution in [2.24, 2.45) is 5.73 Å². The van der Waals surface area contributed by atoms with E-state index in [9.17, 15) is 9.59 Å². The smallest absolute Gasteiger partial charge is 0.370 e. The topological polar surface area (TPSA) is 72.2 Å². The Morgan fingerprint density at radius 2 is 1.26 bits per heavy atom. The summed E-state index contributed by atoms with van der Waals surface area (Å²) in [4.78, 5) is 23.3. The van der Waals surface area contributed by atoms with Crippen LogP contribution in [0.5, 0.6) is 0 Å². The summed E-state index contributed by atoms with van der Waals surface area (Å²) < 4.78 is 0. The zero-order valence-electron chi connectivity index (χ0n) is 22.2. The Bertz CT molecular complexity index is 1050. The van der Waals surface area contributed by atoms with Crippen LogP contribution in [0, 0.1) is 63.2 Å². The number of primary amides is 1. The van der Waals surface area contributed by atoms with Gasteiger partial charge < -0.3 is 11.1 Å². The molecule has 2 saturated carbocycles. The molecule has 39 heavy (non-hydrogen) atoms. The first kappa shape index (κ1) is 31.2. The van der Waals surface area contributed by atoms with Gasteiger partial charge in [-0.1, -0.05) is 60.9 Å². The molecule has 0 atom stereocenters. The Morgan fingerprint density at radius 1 is 0.667 bits per heavy atom. The number of amides is 2. The number of nitrogens with one attached hydrogen (secondary N) is 1. The number of nitrogens with two attached hydrogens (primary N) is 1. The van der Waals surface area contributed by atoms with Gasteiger partial charge in [-0.05, 0) is 112 Å². The number of unbranched alkanes of at least 4 members (excludes halogenated alkanes) is 3. The third kappa shape index (κ3) is 9.96. The van der Waals surface area contributed by atoms with E-state index in [-0.39, 0.29) is 28.9 Å². The Morgan fingerprint density at radius 3 is 1.90 bits per heavy atom. The number of hydrogen-bond acceptors (Lipinski definition) is 2. The van der Waals surface area contributed by atoms with Gasteiger partial charge in [-0.25, -0.2) is 0 Å². The summed E-state index contributed by atoms with van der Waals surface area (Å²) in [7, 11) is 0. The average Bonchev–Trinajstić information content (AvgIpc) is 3.65. The van der Waals surface area contributed by atoms with Crippen LogP contribution in [0.15, 0.2) is 60.2 Å². The van der Waals surface area contributed by atoms with E-state index in [1.165, 1.54) is 28.5 Å². The normalized spacial score (nSPS) is 16.5. The third-order valence-corrected chi connectivity index (χ3v) is 6.81. The van der Waals surface area contributed by atoms with Crippen LogP contribution < -0.4 is 11.1 Å². The molecule has 2 aromatic rings. The maximum atomic E-state index is 12.5. The zero-order chi connectivity index (χ0) is 26.6. The van der Waals surface area contributed by atoms with Crippen molar-refractivity contribution in [3.63, 3.8) is 0 Å². The fraction of sp³-hybridized carbons (Fsp3) is 0.235. The molecule has 0 unspecified atom stereocenters. The van der Waals surface area contributed by atoms with Crippen molar-refractivity contribution in [3.8, 4) is 0 Å². The van der Waals surface area contributed by atoms with Crippen molar-refractivity contribution in [3.05, 3.63) is 134 Å². The predicted octanol–water partition coefficient (Wildman–Crippen LogP) is 6.84. The molecule has 5 heteroatoms. The Hall–Kier alpha value is -2.36. The number of allylic oxidation sites excluding steroid dienone is 1. The Balaban J connectivity index is 0.00000420. The molecule has 2 aliphatic carbocycles. The van der Waals surface area contributed by atoms with E-state index in [0.29, 0.717) is 12.8 Å². The fourth-order valence-corrected chi connectivity index (χ4v) is 4.84. The zero-order valence-corrected chi connectivity index (χ0v) is 23.3. The molecular formula is C34H36FeN2O2+2. The van der Waals surface area contributed by atoms with Crippen LogP contribution in [-0.4, -0.2) is 11.8 Å². The number of carbonyl (C=O) groups is 2. The molecule has 0 heterocycles. The fourth-order valence-electron chi connectivity index (χ4n) is 4.84. The molecule has 0 spiro atoms. The molecule has 4 nitrogen and oxygen atoms in total. The van der Waals surface area contributed by atoms with Crippen molar-refractivity contribution in [2.45, 2.75) is 51.4 Å². The molecule has 2 aromatic carbocycles. The van der Waals surface area contributed by atoms with Crippen LogP contribution in [0.25, 0.3) is 5.57 Å². The van der Waals surface area contributed by atoms with E-state index in [1.807, 2.05) is 18.2 Å². The molecule has 2 fully saturated rings. The van der Waals surface area contributed by atoms with Crippen molar-refractivity contribution < 1.29 is 26.7 Å². The van der Waals surface area contributed by atoms with Crippen molar-refractivity contribution in [2.75, 3.05) is 5.32 Å². The first-order chi connectivity index (χ1) is 18.6. The molecular weight excluding hydrogens is 524 g/mol.